The largest absolute Gasteiger partial charge is 0.382 e. The smallest absolute Gasteiger partial charge is 0.219 e. The minimum Gasteiger partial charge on any atom is -0.382 e. The van der Waals surface area contributed by atoms with E-state index in [4.69, 9.17) is 11.1 Å². The number of aliphatic imine (C=N–C) groups is 1. The van der Waals surface area contributed by atoms with Gasteiger partial charge in [-0.3, -0.25) is 15.1 Å². The van der Waals surface area contributed by atoms with E-state index in [0.717, 1.165) is 50.5 Å². The first-order valence-electron chi connectivity index (χ1n) is 6.58. The Bertz CT molecular complexity index is 513. The highest BCUT2D eigenvalue weighted by Crippen LogP contribution is 2.09. The summed E-state index contributed by atoms with van der Waals surface area (Å²) in [5, 5.41) is 6.90. The number of nitrogens with one attached hydrogen (secondary N) is 2. The van der Waals surface area contributed by atoms with E-state index < -0.39 is 0 Å². The van der Waals surface area contributed by atoms with Crippen LogP contribution >= 0.6 is 0 Å². The summed E-state index contributed by atoms with van der Waals surface area (Å²) in [6.45, 7) is 5.71. The SMILES string of the molecule is CC(=O)N1CCN(Cc2ccc(/C(N)=N\C=N)[nH]2)CC1. The van der Waals surface area contributed by atoms with Crippen LogP contribution in [0.1, 0.15) is 18.3 Å². The van der Waals surface area contributed by atoms with Crippen LogP contribution in [0.4, 0.5) is 0 Å². The third-order valence-electron chi connectivity index (χ3n) is 3.44. The van der Waals surface area contributed by atoms with Gasteiger partial charge in [0.2, 0.25) is 5.91 Å². The van der Waals surface area contributed by atoms with E-state index in [9.17, 15) is 4.79 Å². The Labute approximate surface area is 118 Å². The number of hydrogen-bond acceptors (Lipinski definition) is 3. The summed E-state index contributed by atoms with van der Waals surface area (Å²) in [5.74, 6) is 0.454. The number of nitrogens with two attached hydrogens (primary N) is 1. The van der Waals surface area contributed by atoms with Gasteiger partial charge >= 0.3 is 0 Å². The van der Waals surface area contributed by atoms with E-state index in [1.165, 1.54) is 0 Å². The lowest BCUT2D eigenvalue weighted by Gasteiger charge is -2.33. The zero-order valence-corrected chi connectivity index (χ0v) is 11.6. The fourth-order valence-corrected chi connectivity index (χ4v) is 2.28. The molecule has 20 heavy (non-hydrogen) atoms. The minimum absolute atomic E-state index is 0.141. The summed E-state index contributed by atoms with van der Waals surface area (Å²) in [5.41, 5.74) is 7.50. The Balaban J connectivity index is 1.90. The van der Waals surface area contributed by atoms with Gasteiger partial charge in [-0.15, -0.1) is 0 Å². The summed E-state index contributed by atoms with van der Waals surface area (Å²) in [7, 11) is 0. The van der Waals surface area contributed by atoms with Gasteiger partial charge in [-0.1, -0.05) is 0 Å². The lowest BCUT2D eigenvalue weighted by atomic mass is 10.3. The van der Waals surface area contributed by atoms with Gasteiger partial charge < -0.3 is 15.6 Å². The Morgan fingerprint density at radius 1 is 1.45 bits per heavy atom. The van der Waals surface area contributed by atoms with Crippen LogP contribution in [0, 0.1) is 5.41 Å². The van der Waals surface area contributed by atoms with Crippen LogP contribution in [0.15, 0.2) is 17.1 Å². The third kappa shape index (κ3) is 3.45. The third-order valence-corrected chi connectivity index (χ3v) is 3.44. The topological polar surface area (TPSA) is 102 Å². The fourth-order valence-electron chi connectivity index (χ4n) is 2.28. The molecule has 1 saturated heterocycles. The number of nitrogens with zero attached hydrogens (tertiary/aromatic N) is 3. The van der Waals surface area contributed by atoms with E-state index >= 15 is 0 Å². The predicted octanol–water partition coefficient (Wildman–Crippen LogP) is -0.00883. The van der Waals surface area contributed by atoms with Crippen molar-refractivity contribution in [2.24, 2.45) is 10.7 Å². The van der Waals surface area contributed by atoms with Crippen molar-refractivity contribution in [3.63, 3.8) is 0 Å². The molecule has 0 radical (unpaired) electrons. The second-order valence-corrected chi connectivity index (χ2v) is 4.82. The molecule has 7 nitrogen and oxygen atoms in total. The van der Waals surface area contributed by atoms with E-state index in [-0.39, 0.29) is 5.91 Å². The molecule has 0 bridgehead atoms. The molecular formula is C13H20N6O. The van der Waals surface area contributed by atoms with Crippen LogP contribution in [-0.2, 0) is 11.3 Å². The average molecular weight is 276 g/mol. The van der Waals surface area contributed by atoms with E-state index in [1.54, 1.807) is 6.92 Å². The molecule has 4 N–H and O–H groups in total. The molecule has 1 amide bonds. The maximum Gasteiger partial charge on any atom is 0.219 e. The van der Waals surface area contributed by atoms with Crippen LogP contribution in [0.3, 0.4) is 0 Å². The molecule has 1 fully saturated rings. The average Bonchev–Trinajstić information content (AvgIpc) is 2.88. The number of carbonyl (C=O) groups excluding carboxylic acids is 1. The number of hydrogen-bond donors (Lipinski definition) is 3. The van der Waals surface area contributed by atoms with Gasteiger partial charge in [0.05, 0.1) is 5.69 Å². The minimum atomic E-state index is 0.141. The molecule has 1 aromatic rings. The molecule has 2 rings (SSSR count). The molecule has 0 saturated carbocycles. The van der Waals surface area contributed by atoms with Gasteiger partial charge in [-0.05, 0) is 12.1 Å². The highest BCUT2D eigenvalue weighted by molar-refractivity contribution is 5.99. The summed E-state index contributed by atoms with van der Waals surface area (Å²) in [4.78, 5) is 22.3. The maximum atomic E-state index is 11.3. The highest BCUT2D eigenvalue weighted by Gasteiger charge is 2.18. The first kappa shape index (κ1) is 14.3. The Morgan fingerprint density at radius 2 is 2.15 bits per heavy atom. The maximum absolute atomic E-state index is 11.3. The molecule has 0 aromatic carbocycles. The van der Waals surface area contributed by atoms with Gasteiger partial charge in [0.1, 0.15) is 12.2 Å². The second-order valence-electron chi connectivity index (χ2n) is 4.82. The van der Waals surface area contributed by atoms with Crippen molar-refractivity contribution in [2.45, 2.75) is 13.5 Å². The van der Waals surface area contributed by atoms with Crippen molar-refractivity contribution >= 4 is 18.1 Å². The molecule has 1 aromatic heterocycles. The van der Waals surface area contributed by atoms with Gasteiger partial charge in [0.15, 0.2) is 0 Å². The summed E-state index contributed by atoms with van der Waals surface area (Å²) >= 11 is 0. The normalized spacial score (nSPS) is 17.2. The van der Waals surface area contributed by atoms with Crippen molar-refractivity contribution in [3.8, 4) is 0 Å². The highest BCUT2D eigenvalue weighted by atomic mass is 16.2. The van der Waals surface area contributed by atoms with Gasteiger partial charge in [-0.2, -0.15) is 0 Å². The molecule has 0 atom stereocenters. The fraction of sp³-hybridized carbons (Fsp3) is 0.462. The lowest BCUT2D eigenvalue weighted by Crippen LogP contribution is -2.47. The van der Waals surface area contributed by atoms with Gasteiger partial charge in [-0.25, -0.2) is 4.99 Å². The van der Waals surface area contributed by atoms with Crippen LogP contribution < -0.4 is 5.73 Å². The zero-order valence-electron chi connectivity index (χ0n) is 11.6. The summed E-state index contributed by atoms with van der Waals surface area (Å²) < 4.78 is 0. The molecule has 1 aliphatic rings. The first-order chi connectivity index (χ1) is 9.60. The van der Waals surface area contributed by atoms with Crippen molar-refractivity contribution < 1.29 is 4.79 Å². The standard InChI is InChI=1S/C13H20N6O/c1-10(20)19-6-4-18(5-7-19)8-11-2-3-12(17-11)13(15)16-9-14/h2-3,9,17H,4-8H2,1H3,(H3,14,15,16). The predicted molar refractivity (Wildman–Crippen MR) is 77.8 cm³/mol. The number of carbonyl (C=O) groups is 1. The molecule has 2 heterocycles. The molecular weight excluding hydrogens is 256 g/mol. The Hall–Kier alpha value is -2.15. The lowest BCUT2D eigenvalue weighted by molar-refractivity contribution is -0.130. The zero-order chi connectivity index (χ0) is 14.5. The quantitative estimate of drug-likeness (QED) is 0.532. The number of aromatic amines is 1. The molecule has 7 heteroatoms. The van der Waals surface area contributed by atoms with Crippen molar-refractivity contribution in [2.75, 3.05) is 26.2 Å². The number of amidine groups is 1. The van der Waals surface area contributed by atoms with E-state index in [1.807, 2.05) is 17.0 Å². The number of amides is 1. The van der Waals surface area contributed by atoms with Crippen LogP contribution in [0.25, 0.3) is 0 Å². The number of aromatic nitrogens is 1. The van der Waals surface area contributed by atoms with Crippen molar-refractivity contribution in [1.29, 1.82) is 5.41 Å². The summed E-state index contributed by atoms with van der Waals surface area (Å²) in [6, 6.07) is 3.84. The van der Waals surface area contributed by atoms with Crippen LogP contribution in [-0.4, -0.2) is 59.0 Å². The molecule has 0 spiro atoms. The van der Waals surface area contributed by atoms with Gasteiger partial charge in [0.25, 0.3) is 0 Å². The number of piperazine rings is 1. The number of rotatable bonds is 4. The van der Waals surface area contributed by atoms with E-state index in [2.05, 4.69) is 14.9 Å². The first-order valence-corrected chi connectivity index (χ1v) is 6.58. The van der Waals surface area contributed by atoms with Crippen LogP contribution in [0.5, 0.6) is 0 Å². The van der Waals surface area contributed by atoms with Gasteiger partial charge in [0, 0.05) is 45.3 Å². The summed E-state index contributed by atoms with van der Waals surface area (Å²) in [6.07, 6.45) is 0.927. The molecule has 1 aliphatic heterocycles. The second kappa shape index (κ2) is 6.33. The Kier molecular flexibility index (Phi) is 4.52. The van der Waals surface area contributed by atoms with Crippen molar-refractivity contribution in [1.82, 2.24) is 14.8 Å². The molecule has 108 valence electrons. The number of H-pyrrole nitrogens is 1. The Morgan fingerprint density at radius 3 is 2.75 bits per heavy atom. The monoisotopic (exact) mass is 276 g/mol. The van der Waals surface area contributed by atoms with E-state index in [0.29, 0.717) is 5.84 Å². The van der Waals surface area contributed by atoms with Crippen LogP contribution in [0.2, 0.25) is 0 Å². The molecule has 0 unspecified atom stereocenters. The molecule has 0 aliphatic carbocycles. The van der Waals surface area contributed by atoms with Crippen molar-refractivity contribution in [3.05, 3.63) is 23.5 Å².